The molecule has 0 aliphatic heterocycles. The molecule has 0 fully saturated rings. The average Bonchev–Trinajstić information content (AvgIpc) is 3.19. The van der Waals surface area contributed by atoms with Crippen LogP contribution in [0.25, 0.3) is 11.1 Å². The normalized spacial score (nSPS) is 11.0. The van der Waals surface area contributed by atoms with Crippen molar-refractivity contribution in [3.05, 3.63) is 70.4 Å². The second-order valence-corrected chi connectivity index (χ2v) is 7.74. The molecule has 0 unspecified atom stereocenters. The molecule has 1 N–H and O–H groups in total. The van der Waals surface area contributed by atoms with Gasteiger partial charge in [0.05, 0.1) is 5.01 Å². The number of amides is 1. The van der Waals surface area contributed by atoms with Crippen LogP contribution in [0.1, 0.15) is 60.9 Å². The van der Waals surface area contributed by atoms with Gasteiger partial charge in [-0.3, -0.25) is 4.79 Å². The molecule has 0 bridgehead atoms. The monoisotopic (exact) mass is 396 g/mol. The summed E-state index contributed by atoms with van der Waals surface area (Å²) in [6.07, 6.45) is 4.40. The average molecular weight is 397 g/mol. The van der Waals surface area contributed by atoms with Gasteiger partial charge in [-0.15, -0.1) is 11.3 Å². The quantitative estimate of drug-likeness (QED) is 0.451. The number of rotatable bonds is 8. The summed E-state index contributed by atoms with van der Waals surface area (Å²) in [4.78, 5) is 17.4. The summed E-state index contributed by atoms with van der Waals surface area (Å²) >= 11 is 1.57. The lowest BCUT2D eigenvalue weighted by molar-refractivity contribution is 0.102. The number of carbonyl (C=O) groups excluding carboxylic acids is 1. The van der Waals surface area contributed by atoms with Crippen LogP contribution in [0.5, 0.6) is 0 Å². The minimum Gasteiger partial charge on any atom is -0.320 e. The number of halogens is 1. The summed E-state index contributed by atoms with van der Waals surface area (Å²) in [6.45, 7) is 4.35. The van der Waals surface area contributed by atoms with Crippen molar-refractivity contribution in [1.82, 2.24) is 4.98 Å². The number of nitrogens with one attached hydrogen (secondary N) is 1. The SMILES string of the molecule is CCCC(CCC)c1nc(C(=O)Nc2ccccc2-c2ccc(F)cc2)cs1. The van der Waals surface area contributed by atoms with Crippen LogP contribution in [-0.2, 0) is 0 Å². The van der Waals surface area contributed by atoms with E-state index in [0.717, 1.165) is 41.8 Å². The zero-order chi connectivity index (χ0) is 19.9. The maximum atomic E-state index is 13.2. The lowest BCUT2D eigenvalue weighted by Gasteiger charge is -2.12. The van der Waals surface area contributed by atoms with Gasteiger partial charge < -0.3 is 5.32 Å². The van der Waals surface area contributed by atoms with E-state index in [9.17, 15) is 9.18 Å². The lowest BCUT2D eigenvalue weighted by Crippen LogP contribution is -2.13. The third kappa shape index (κ3) is 4.84. The Morgan fingerprint density at radius 2 is 1.75 bits per heavy atom. The van der Waals surface area contributed by atoms with Gasteiger partial charge in [-0.25, -0.2) is 9.37 Å². The van der Waals surface area contributed by atoms with Gasteiger partial charge in [0.2, 0.25) is 0 Å². The van der Waals surface area contributed by atoms with Gasteiger partial charge in [-0.1, -0.05) is 57.0 Å². The third-order valence-electron chi connectivity index (χ3n) is 4.71. The Morgan fingerprint density at radius 1 is 1.07 bits per heavy atom. The van der Waals surface area contributed by atoms with E-state index < -0.39 is 0 Å². The van der Waals surface area contributed by atoms with Crippen LogP contribution in [0.2, 0.25) is 0 Å². The zero-order valence-corrected chi connectivity index (χ0v) is 17.1. The van der Waals surface area contributed by atoms with Gasteiger partial charge in [0.15, 0.2) is 0 Å². The highest BCUT2D eigenvalue weighted by Gasteiger charge is 2.18. The second-order valence-electron chi connectivity index (χ2n) is 6.85. The summed E-state index contributed by atoms with van der Waals surface area (Å²) in [5.41, 5.74) is 2.84. The molecule has 28 heavy (non-hydrogen) atoms. The highest BCUT2D eigenvalue weighted by molar-refractivity contribution is 7.09. The Balaban J connectivity index is 1.80. The highest BCUT2D eigenvalue weighted by Crippen LogP contribution is 2.31. The van der Waals surface area contributed by atoms with Crippen molar-refractivity contribution in [3.8, 4) is 11.1 Å². The number of para-hydroxylation sites is 1. The van der Waals surface area contributed by atoms with E-state index in [4.69, 9.17) is 0 Å². The first-order valence-electron chi connectivity index (χ1n) is 9.74. The van der Waals surface area contributed by atoms with Crippen LogP contribution >= 0.6 is 11.3 Å². The Morgan fingerprint density at radius 3 is 2.43 bits per heavy atom. The van der Waals surface area contributed by atoms with Gasteiger partial charge in [-0.05, 0) is 36.6 Å². The molecule has 1 heterocycles. The first kappa shape index (κ1) is 20.2. The largest absolute Gasteiger partial charge is 0.320 e. The minimum absolute atomic E-state index is 0.219. The molecular weight excluding hydrogens is 371 g/mol. The molecule has 0 aliphatic rings. The van der Waals surface area contributed by atoms with Crippen molar-refractivity contribution in [2.24, 2.45) is 0 Å². The van der Waals surface area contributed by atoms with E-state index >= 15 is 0 Å². The molecule has 0 radical (unpaired) electrons. The van der Waals surface area contributed by atoms with Crippen molar-refractivity contribution < 1.29 is 9.18 Å². The van der Waals surface area contributed by atoms with Gasteiger partial charge in [0.1, 0.15) is 11.5 Å². The number of hydrogen-bond donors (Lipinski definition) is 1. The van der Waals surface area contributed by atoms with Crippen molar-refractivity contribution in [1.29, 1.82) is 0 Å². The molecule has 2 aromatic carbocycles. The molecule has 146 valence electrons. The van der Waals surface area contributed by atoms with Gasteiger partial charge >= 0.3 is 0 Å². The molecule has 0 saturated heterocycles. The van der Waals surface area contributed by atoms with Crippen LogP contribution in [0.4, 0.5) is 10.1 Å². The Bertz CT molecular complexity index is 914. The number of anilines is 1. The predicted octanol–water partition coefficient (Wildman–Crippen LogP) is 6.89. The summed E-state index contributed by atoms with van der Waals surface area (Å²) in [5, 5.41) is 5.85. The first-order chi connectivity index (χ1) is 13.6. The fraction of sp³-hybridized carbons (Fsp3) is 0.304. The van der Waals surface area contributed by atoms with Crippen LogP contribution in [0.15, 0.2) is 53.9 Å². The van der Waals surface area contributed by atoms with Gasteiger partial charge in [0.25, 0.3) is 5.91 Å². The molecule has 0 atom stereocenters. The molecule has 0 aliphatic carbocycles. The summed E-state index contributed by atoms with van der Waals surface area (Å²) in [7, 11) is 0. The van der Waals surface area contributed by atoms with Gasteiger partial charge in [-0.2, -0.15) is 0 Å². The van der Waals surface area contributed by atoms with Crippen molar-refractivity contribution >= 4 is 22.9 Å². The summed E-state index contributed by atoms with van der Waals surface area (Å²) < 4.78 is 13.2. The molecule has 1 aromatic heterocycles. The van der Waals surface area contributed by atoms with Gasteiger partial charge in [0, 0.05) is 22.5 Å². The zero-order valence-electron chi connectivity index (χ0n) is 16.2. The van der Waals surface area contributed by atoms with E-state index in [1.165, 1.54) is 12.1 Å². The minimum atomic E-state index is -0.283. The van der Waals surface area contributed by atoms with Crippen LogP contribution in [0.3, 0.4) is 0 Å². The van der Waals surface area contributed by atoms with Crippen LogP contribution in [-0.4, -0.2) is 10.9 Å². The number of carbonyl (C=O) groups is 1. The summed E-state index contributed by atoms with van der Waals surface area (Å²) in [6, 6.07) is 13.8. The Kier molecular flexibility index (Phi) is 6.93. The van der Waals surface area contributed by atoms with Crippen molar-refractivity contribution in [2.75, 3.05) is 5.32 Å². The van der Waals surface area contributed by atoms with Crippen molar-refractivity contribution in [2.45, 2.75) is 45.4 Å². The number of aromatic nitrogens is 1. The fourth-order valence-electron chi connectivity index (χ4n) is 3.33. The lowest BCUT2D eigenvalue weighted by atomic mass is 9.99. The topological polar surface area (TPSA) is 42.0 Å². The number of benzene rings is 2. The number of thiazole rings is 1. The highest BCUT2D eigenvalue weighted by atomic mass is 32.1. The number of hydrogen-bond acceptors (Lipinski definition) is 3. The maximum absolute atomic E-state index is 13.2. The summed E-state index contributed by atoms with van der Waals surface area (Å²) in [5.74, 6) is -0.0779. The maximum Gasteiger partial charge on any atom is 0.275 e. The predicted molar refractivity (Wildman–Crippen MR) is 114 cm³/mol. The van der Waals surface area contributed by atoms with Crippen LogP contribution < -0.4 is 5.32 Å². The molecule has 3 aromatic rings. The fourth-order valence-corrected chi connectivity index (χ4v) is 4.30. The molecule has 1 amide bonds. The molecule has 3 nitrogen and oxygen atoms in total. The number of nitrogens with zero attached hydrogens (tertiary/aromatic N) is 1. The molecule has 5 heteroatoms. The smallest absolute Gasteiger partial charge is 0.275 e. The standard InChI is InChI=1S/C23H25FN2OS/c1-3-7-17(8-4-2)23-26-21(15-28-23)22(27)25-20-10-6-5-9-19(20)16-11-13-18(24)14-12-16/h5-6,9-15,17H,3-4,7-8H2,1-2H3,(H,25,27). The van der Waals surface area contributed by atoms with E-state index in [-0.39, 0.29) is 11.7 Å². The van der Waals surface area contributed by atoms with E-state index in [1.807, 2.05) is 29.6 Å². The molecule has 3 rings (SSSR count). The van der Waals surface area contributed by atoms with E-state index in [2.05, 4.69) is 24.1 Å². The second kappa shape index (κ2) is 9.60. The Labute approximate surface area is 169 Å². The third-order valence-corrected chi connectivity index (χ3v) is 5.72. The van der Waals surface area contributed by atoms with E-state index in [0.29, 0.717) is 17.3 Å². The van der Waals surface area contributed by atoms with Crippen LogP contribution in [0, 0.1) is 5.82 Å². The van der Waals surface area contributed by atoms with Crippen molar-refractivity contribution in [3.63, 3.8) is 0 Å². The first-order valence-corrected chi connectivity index (χ1v) is 10.6. The molecule has 0 saturated carbocycles. The molecular formula is C23H25FN2OS. The Hall–Kier alpha value is -2.53. The van der Waals surface area contributed by atoms with E-state index in [1.54, 1.807) is 23.5 Å². The molecule has 0 spiro atoms.